The molecule has 1 amide bonds. The molecule has 148 valence electrons. The van der Waals surface area contributed by atoms with Crippen LogP contribution in [0, 0.1) is 6.92 Å². The summed E-state index contributed by atoms with van der Waals surface area (Å²) in [7, 11) is 1.69. The summed E-state index contributed by atoms with van der Waals surface area (Å²) in [4.78, 5) is 18.3. The number of amidine groups is 1. The van der Waals surface area contributed by atoms with E-state index in [1.165, 1.54) is 16.7 Å². The third kappa shape index (κ3) is 5.86. The zero-order valence-corrected chi connectivity index (χ0v) is 18.0. The largest absolute Gasteiger partial charge is 0.457 e. The number of thioether (sulfide) groups is 1. The first-order valence-corrected chi connectivity index (χ1v) is 10.2. The molecule has 0 unspecified atom stereocenters. The van der Waals surface area contributed by atoms with Crippen molar-refractivity contribution in [3.05, 3.63) is 81.9 Å². The van der Waals surface area contributed by atoms with Crippen LogP contribution in [-0.2, 0) is 4.79 Å². The fourth-order valence-electron chi connectivity index (χ4n) is 2.52. The summed E-state index contributed by atoms with van der Waals surface area (Å²) >= 11 is 7.35. The third-order valence-corrected chi connectivity index (χ3v) is 5.33. The van der Waals surface area contributed by atoms with Crippen molar-refractivity contribution in [2.24, 2.45) is 4.99 Å². The Kier molecular flexibility index (Phi) is 6.96. The Morgan fingerprint density at radius 1 is 1.07 bits per heavy atom. The number of halogens is 1. The maximum atomic E-state index is 11.3. The fourth-order valence-corrected chi connectivity index (χ4v) is 3.45. The molecule has 1 aromatic heterocycles. The van der Waals surface area contributed by atoms with E-state index in [1.54, 1.807) is 7.05 Å². The number of aryl methyl sites for hydroxylation is 1. The minimum absolute atomic E-state index is 0.585. The molecule has 4 nitrogen and oxygen atoms in total. The summed E-state index contributed by atoms with van der Waals surface area (Å²) in [5, 5.41) is 1.27. The van der Waals surface area contributed by atoms with Gasteiger partial charge in [0.05, 0.1) is 5.69 Å². The van der Waals surface area contributed by atoms with Gasteiger partial charge in [-0.05, 0) is 73.4 Å². The van der Waals surface area contributed by atoms with Gasteiger partial charge in [0, 0.05) is 17.6 Å². The van der Waals surface area contributed by atoms with E-state index >= 15 is 0 Å². The lowest BCUT2D eigenvalue weighted by Gasteiger charge is -2.13. The summed E-state index contributed by atoms with van der Waals surface area (Å²) in [6.07, 6.45) is 2.67. The smallest absolute Gasteiger partial charge is 0.215 e. The van der Waals surface area contributed by atoms with Crippen LogP contribution >= 0.6 is 23.4 Å². The molecule has 0 spiro atoms. The summed E-state index contributed by atoms with van der Waals surface area (Å²) in [5.74, 6) is 1.49. The van der Waals surface area contributed by atoms with Crippen molar-refractivity contribution in [1.82, 2.24) is 4.90 Å². The van der Waals surface area contributed by atoms with Gasteiger partial charge in [-0.25, -0.2) is 4.99 Å². The molecule has 1 heterocycles. The maximum absolute atomic E-state index is 11.3. The second-order valence-corrected chi connectivity index (χ2v) is 8.16. The molecule has 2 aromatic carbocycles. The van der Waals surface area contributed by atoms with Gasteiger partial charge in [0.1, 0.15) is 11.5 Å². The van der Waals surface area contributed by atoms with Crippen LogP contribution in [0.15, 0.2) is 75.0 Å². The highest BCUT2D eigenvalue weighted by Gasteiger charge is 2.10. The summed E-state index contributed by atoms with van der Waals surface area (Å²) < 4.78 is 5.92. The Morgan fingerprint density at radius 3 is 2.41 bits per heavy atom. The van der Waals surface area contributed by atoms with Crippen LogP contribution in [0.1, 0.15) is 18.2 Å². The van der Waals surface area contributed by atoms with Crippen molar-refractivity contribution < 1.29 is 9.21 Å². The summed E-state index contributed by atoms with van der Waals surface area (Å²) in [6.45, 7) is 3.98. The molecule has 0 saturated carbocycles. The molecule has 6 heteroatoms. The quantitative estimate of drug-likeness (QED) is 0.257. The number of benzene rings is 2. The standard InChI is InChI=1S/C23H21ClN2O2S/c1-16-4-10-20(11-5-16)25-23(26(3)15-27)29-17(2)14-21-12-13-22(28-21)18-6-8-19(24)9-7-18/h4-15H,1-3H3/b17-14-,25-23?. The monoisotopic (exact) mass is 424 g/mol. The van der Waals surface area contributed by atoms with E-state index in [1.807, 2.05) is 80.6 Å². The Morgan fingerprint density at radius 2 is 1.76 bits per heavy atom. The van der Waals surface area contributed by atoms with Crippen molar-refractivity contribution in [3.8, 4) is 11.3 Å². The molecule has 0 fully saturated rings. The number of furan rings is 1. The molecule has 0 aliphatic carbocycles. The SMILES string of the molecule is C/C(=C/c1ccc(-c2ccc(Cl)cc2)o1)SC(=Nc1ccc(C)cc1)N(C)C=O. The number of allylic oxidation sites excluding steroid dienone is 1. The molecule has 0 aliphatic heterocycles. The van der Waals surface area contributed by atoms with E-state index in [0.717, 1.165) is 39.7 Å². The van der Waals surface area contributed by atoms with E-state index in [4.69, 9.17) is 16.0 Å². The molecule has 29 heavy (non-hydrogen) atoms. The van der Waals surface area contributed by atoms with E-state index in [9.17, 15) is 4.79 Å². The second kappa shape index (κ2) is 9.63. The maximum Gasteiger partial charge on any atom is 0.215 e. The predicted molar refractivity (Wildman–Crippen MR) is 122 cm³/mol. The lowest BCUT2D eigenvalue weighted by atomic mass is 10.2. The van der Waals surface area contributed by atoms with Crippen LogP contribution in [0.3, 0.4) is 0 Å². The highest BCUT2D eigenvalue weighted by molar-refractivity contribution is 8.17. The Hall–Kier alpha value is -2.76. The average molecular weight is 425 g/mol. The van der Waals surface area contributed by atoms with Gasteiger partial charge in [-0.15, -0.1) is 0 Å². The van der Waals surface area contributed by atoms with Crippen LogP contribution in [0.25, 0.3) is 17.4 Å². The molecule has 0 N–H and O–H groups in total. The van der Waals surface area contributed by atoms with Gasteiger partial charge in [-0.1, -0.05) is 41.1 Å². The number of rotatable bonds is 5. The molecule has 3 aromatic rings. The van der Waals surface area contributed by atoms with Crippen LogP contribution in [0.2, 0.25) is 5.02 Å². The highest BCUT2D eigenvalue weighted by Crippen LogP contribution is 2.28. The number of carbonyl (C=O) groups is 1. The van der Waals surface area contributed by atoms with Crippen LogP contribution in [0.5, 0.6) is 0 Å². The number of amides is 1. The lowest BCUT2D eigenvalue weighted by molar-refractivity contribution is -0.113. The first-order valence-electron chi connectivity index (χ1n) is 9.00. The molecule has 0 saturated heterocycles. The molecule has 0 atom stereocenters. The van der Waals surface area contributed by atoms with Crippen LogP contribution < -0.4 is 0 Å². The summed E-state index contributed by atoms with van der Waals surface area (Å²) in [5.41, 5.74) is 2.91. The number of hydrogen-bond acceptors (Lipinski definition) is 4. The minimum Gasteiger partial charge on any atom is -0.457 e. The topological polar surface area (TPSA) is 45.8 Å². The highest BCUT2D eigenvalue weighted by atomic mass is 35.5. The van der Waals surface area contributed by atoms with Gasteiger partial charge in [-0.3, -0.25) is 9.69 Å². The van der Waals surface area contributed by atoms with Gasteiger partial charge in [0.25, 0.3) is 0 Å². The molecular weight excluding hydrogens is 404 g/mol. The molecule has 0 aliphatic rings. The van der Waals surface area contributed by atoms with Gasteiger partial charge >= 0.3 is 0 Å². The lowest BCUT2D eigenvalue weighted by Crippen LogP contribution is -2.21. The van der Waals surface area contributed by atoms with Gasteiger partial charge in [0.15, 0.2) is 5.17 Å². The van der Waals surface area contributed by atoms with Gasteiger partial charge in [-0.2, -0.15) is 0 Å². The predicted octanol–water partition coefficient (Wildman–Crippen LogP) is 6.78. The third-order valence-electron chi connectivity index (χ3n) is 4.07. The zero-order valence-electron chi connectivity index (χ0n) is 16.4. The Bertz CT molecular complexity index is 1040. The van der Waals surface area contributed by atoms with Gasteiger partial charge in [0.2, 0.25) is 6.41 Å². The molecule has 0 bridgehead atoms. The minimum atomic E-state index is 0.585. The molecule has 0 radical (unpaired) electrons. The Labute approximate surface area is 179 Å². The number of hydrogen-bond donors (Lipinski definition) is 0. The number of carbonyl (C=O) groups excluding carboxylic acids is 1. The molecule has 3 rings (SSSR count). The van der Waals surface area contributed by atoms with Crippen molar-refractivity contribution in [2.45, 2.75) is 13.8 Å². The second-order valence-electron chi connectivity index (χ2n) is 6.51. The van der Waals surface area contributed by atoms with E-state index in [-0.39, 0.29) is 0 Å². The van der Waals surface area contributed by atoms with Crippen molar-refractivity contribution >= 4 is 46.7 Å². The van der Waals surface area contributed by atoms with Crippen LogP contribution in [-0.4, -0.2) is 23.5 Å². The van der Waals surface area contributed by atoms with Gasteiger partial charge < -0.3 is 4.42 Å². The Balaban J connectivity index is 1.79. The number of aliphatic imine (C=N–C) groups is 1. The normalized spacial score (nSPS) is 12.1. The van der Waals surface area contributed by atoms with Crippen molar-refractivity contribution in [2.75, 3.05) is 7.05 Å². The average Bonchev–Trinajstić information content (AvgIpc) is 3.17. The first-order chi connectivity index (χ1) is 13.9. The van der Waals surface area contributed by atoms with E-state index in [2.05, 4.69) is 4.99 Å². The van der Waals surface area contributed by atoms with Crippen molar-refractivity contribution in [1.29, 1.82) is 0 Å². The summed E-state index contributed by atoms with van der Waals surface area (Å²) in [6, 6.07) is 19.2. The number of nitrogens with zero attached hydrogens (tertiary/aromatic N) is 2. The van der Waals surface area contributed by atoms with E-state index in [0.29, 0.717) is 10.2 Å². The first kappa shape index (κ1) is 21.0. The fraction of sp³-hybridized carbons (Fsp3) is 0.130. The van der Waals surface area contributed by atoms with Crippen LogP contribution in [0.4, 0.5) is 5.69 Å². The van der Waals surface area contributed by atoms with Crippen molar-refractivity contribution in [3.63, 3.8) is 0 Å². The molecular formula is C23H21ClN2O2S. The zero-order chi connectivity index (χ0) is 20.8. The van der Waals surface area contributed by atoms with E-state index < -0.39 is 0 Å².